The normalized spacial score (nSPS) is 11.6. The highest BCUT2D eigenvalue weighted by Crippen LogP contribution is 2.30. The van der Waals surface area contributed by atoms with Crippen molar-refractivity contribution in [3.05, 3.63) is 46.6 Å². The van der Waals surface area contributed by atoms with Crippen LogP contribution in [0.4, 0.5) is 0 Å². The van der Waals surface area contributed by atoms with Crippen LogP contribution < -0.4 is 0 Å². The Morgan fingerprint density at radius 2 is 1.62 bits per heavy atom. The molecule has 0 unspecified atom stereocenters. The molecule has 1 aromatic rings. The molecule has 0 aliphatic carbocycles. The van der Waals surface area contributed by atoms with Crippen LogP contribution >= 0.6 is 0 Å². The van der Waals surface area contributed by atoms with Crippen LogP contribution in [0.2, 0.25) is 0 Å². The van der Waals surface area contributed by atoms with E-state index in [1.54, 1.807) is 0 Å². The Morgan fingerprint density at radius 3 is 2.21 bits per heavy atom. The number of phenols is 2. The van der Waals surface area contributed by atoms with Crippen LogP contribution in [0.1, 0.15) is 77.3 Å². The number of aromatic hydroxyl groups is 2. The van der Waals surface area contributed by atoms with Crippen molar-refractivity contribution in [3.8, 4) is 11.5 Å². The van der Waals surface area contributed by atoms with Gasteiger partial charge in [0.15, 0.2) is 0 Å². The minimum absolute atomic E-state index is 0.218. The molecule has 0 saturated carbocycles. The van der Waals surface area contributed by atoms with Gasteiger partial charge in [0.2, 0.25) is 0 Å². The SMILES string of the molecule is CCCCCc1cc(O)c(CC=C(C)CCCC=C(C)C)c(O)c1. The molecule has 0 fully saturated rings. The standard InChI is InChI=1S/C22H34O2/c1-5-6-7-12-19-15-21(23)20(22(24)16-19)14-13-18(4)11-9-8-10-17(2)3/h10,13,15-16,23-24H,5-9,11-12,14H2,1-4H3. The molecule has 0 radical (unpaired) electrons. The molecule has 24 heavy (non-hydrogen) atoms. The first kappa shape index (κ1) is 20.3. The second kappa shape index (κ2) is 11.0. The molecule has 0 spiro atoms. The average Bonchev–Trinajstić information content (AvgIpc) is 2.51. The zero-order chi connectivity index (χ0) is 17.9. The number of hydrogen-bond donors (Lipinski definition) is 2. The third-order valence-corrected chi connectivity index (χ3v) is 4.31. The Morgan fingerprint density at radius 1 is 0.958 bits per heavy atom. The second-order valence-corrected chi connectivity index (χ2v) is 7.00. The molecule has 1 aromatic carbocycles. The van der Waals surface area contributed by atoms with Crippen LogP contribution in [0, 0.1) is 0 Å². The first-order valence-corrected chi connectivity index (χ1v) is 9.26. The van der Waals surface area contributed by atoms with E-state index >= 15 is 0 Å². The van der Waals surface area contributed by atoms with Crippen molar-refractivity contribution in [2.45, 2.75) is 79.1 Å². The van der Waals surface area contributed by atoms with Gasteiger partial charge in [0.25, 0.3) is 0 Å². The Labute approximate surface area is 147 Å². The Balaban J connectivity index is 2.60. The minimum atomic E-state index is 0.218. The predicted octanol–water partition coefficient (Wildman–Crippen LogP) is 6.46. The maximum absolute atomic E-state index is 10.2. The number of phenolic OH excluding ortho intramolecular Hbond substituents is 2. The highest BCUT2D eigenvalue weighted by molar-refractivity contribution is 5.47. The second-order valence-electron chi connectivity index (χ2n) is 7.00. The quantitative estimate of drug-likeness (QED) is 0.382. The molecule has 2 heteroatoms. The van der Waals surface area contributed by atoms with Crippen LogP contribution in [0.3, 0.4) is 0 Å². The number of unbranched alkanes of at least 4 members (excludes halogenated alkanes) is 3. The fourth-order valence-corrected chi connectivity index (χ4v) is 2.78. The van der Waals surface area contributed by atoms with Gasteiger partial charge in [-0.05, 0) is 77.0 Å². The van der Waals surface area contributed by atoms with Gasteiger partial charge in [-0.25, -0.2) is 0 Å². The van der Waals surface area contributed by atoms with Gasteiger partial charge in [-0.15, -0.1) is 0 Å². The summed E-state index contributed by atoms with van der Waals surface area (Å²) in [4.78, 5) is 0. The summed E-state index contributed by atoms with van der Waals surface area (Å²) >= 11 is 0. The van der Waals surface area contributed by atoms with Crippen molar-refractivity contribution in [3.63, 3.8) is 0 Å². The highest BCUT2D eigenvalue weighted by Gasteiger charge is 2.09. The van der Waals surface area contributed by atoms with Gasteiger partial charge in [-0.2, -0.15) is 0 Å². The molecule has 1 rings (SSSR count). The number of aryl methyl sites for hydroxylation is 1. The van der Waals surface area contributed by atoms with Crippen LogP contribution in [0.5, 0.6) is 11.5 Å². The van der Waals surface area contributed by atoms with E-state index in [1.807, 2.05) is 12.1 Å². The summed E-state index contributed by atoms with van der Waals surface area (Å²) in [5.41, 5.74) is 4.33. The van der Waals surface area contributed by atoms with Crippen molar-refractivity contribution in [1.82, 2.24) is 0 Å². The number of rotatable bonds is 10. The third kappa shape index (κ3) is 7.72. The fourth-order valence-electron chi connectivity index (χ4n) is 2.78. The van der Waals surface area contributed by atoms with Crippen molar-refractivity contribution in [1.29, 1.82) is 0 Å². The maximum atomic E-state index is 10.2. The molecule has 134 valence electrons. The largest absolute Gasteiger partial charge is 0.508 e. The lowest BCUT2D eigenvalue weighted by molar-refractivity contribution is 0.439. The first-order chi connectivity index (χ1) is 11.4. The van der Waals surface area contributed by atoms with Gasteiger partial charge < -0.3 is 10.2 Å². The lowest BCUT2D eigenvalue weighted by Crippen LogP contribution is -1.91. The minimum Gasteiger partial charge on any atom is -0.508 e. The van der Waals surface area contributed by atoms with Crippen LogP contribution in [-0.4, -0.2) is 10.2 Å². The molecule has 2 nitrogen and oxygen atoms in total. The summed E-state index contributed by atoms with van der Waals surface area (Å²) in [6.45, 7) is 8.54. The molecule has 0 heterocycles. The maximum Gasteiger partial charge on any atom is 0.123 e. The molecule has 2 N–H and O–H groups in total. The van der Waals surface area contributed by atoms with Gasteiger partial charge >= 0.3 is 0 Å². The van der Waals surface area contributed by atoms with Crippen molar-refractivity contribution in [2.75, 3.05) is 0 Å². The number of allylic oxidation sites excluding steroid dienone is 4. The van der Waals surface area contributed by atoms with Crippen LogP contribution in [0.25, 0.3) is 0 Å². The summed E-state index contributed by atoms with van der Waals surface area (Å²) < 4.78 is 0. The van der Waals surface area contributed by atoms with E-state index < -0.39 is 0 Å². The molecule has 0 aromatic heterocycles. The Bertz CT molecular complexity index is 540. The molecule has 0 aliphatic heterocycles. The van der Waals surface area contributed by atoms with Crippen molar-refractivity contribution < 1.29 is 10.2 Å². The average molecular weight is 331 g/mol. The van der Waals surface area contributed by atoms with Crippen LogP contribution in [0.15, 0.2) is 35.4 Å². The fraction of sp³-hybridized carbons (Fsp3) is 0.545. The lowest BCUT2D eigenvalue weighted by Gasteiger charge is -2.09. The zero-order valence-corrected chi connectivity index (χ0v) is 15.9. The van der Waals surface area contributed by atoms with Crippen molar-refractivity contribution in [2.24, 2.45) is 0 Å². The van der Waals surface area contributed by atoms with Gasteiger partial charge in [0.05, 0.1) is 0 Å². The van der Waals surface area contributed by atoms with Gasteiger partial charge in [0, 0.05) is 5.56 Å². The summed E-state index contributed by atoms with van der Waals surface area (Å²) in [5, 5.41) is 20.4. The summed E-state index contributed by atoms with van der Waals surface area (Å²) in [7, 11) is 0. The van der Waals surface area contributed by atoms with E-state index in [0.29, 0.717) is 12.0 Å². The monoisotopic (exact) mass is 330 g/mol. The van der Waals surface area contributed by atoms with Gasteiger partial charge in [0.1, 0.15) is 11.5 Å². The smallest absolute Gasteiger partial charge is 0.123 e. The highest BCUT2D eigenvalue weighted by atomic mass is 16.3. The Kier molecular flexibility index (Phi) is 9.29. The molecule has 0 aliphatic rings. The third-order valence-electron chi connectivity index (χ3n) is 4.31. The molecular formula is C22H34O2. The topological polar surface area (TPSA) is 40.5 Å². The number of benzene rings is 1. The molecule has 0 bridgehead atoms. The van der Waals surface area contributed by atoms with Gasteiger partial charge in [-0.1, -0.05) is 43.1 Å². The van der Waals surface area contributed by atoms with E-state index in [9.17, 15) is 10.2 Å². The molecule has 0 amide bonds. The summed E-state index contributed by atoms with van der Waals surface area (Å²) in [6.07, 6.45) is 12.6. The van der Waals surface area contributed by atoms with E-state index in [4.69, 9.17) is 0 Å². The van der Waals surface area contributed by atoms with E-state index in [2.05, 4.69) is 39.8 Å². The van der Waals surface area contributed by atoms with Crippen LogP contribution in [-0.2, 0) is 12.8 Å². The molecular weight excluding hydrogens is 296 g/mol. The zero-order valence-electron chi connectivity index (χ0n) is 15.9. The van der Waals surface area contributed by atoms with E-state index in [-0.39, 0.29) is 11.5 Å². The summed E-state index contributed by atoms with van der Waals surface area (Å²) in [5.74, 6) is 0.435. The summed E-state index contributed by atoms with van der Waals surface area (Å²) in [6, 6.07) is 3.62. The van der Waals surface area contributed by atoms with E-state index in [0.717, 1.165) is 37.7 Å². The van der Waals surface area contributed by atoms with Crippen molar-refractivity contribution >= 4 is 0 Å². The van der Waals surface area contributed by atoms with E-state index in [1.165, 1.54) is 24.0 Å². The molecule has 0 atom stereocenters. The van der Waals surface area contributed by atoms with Gasteiger partial charge in [-0.3, -0.25) is 0 Å². The first-order valence-electron chi connectivity index (χ1n) is 9.26. The lowest BCUT2D eigenvalue weighted by atomic mass is 10.00. The Hall–Kier alpha value is -1.70. The number of hydrogen-bond acceptors (Lipinski definition) is 2. The predicted molar refractivity (Wildman–Crippen MR) is 104 cm³/mol. The molecule has 0 saturated heterocycles.